The summed E-state index contributed by atoms with van der Waals surface area (Å²) in [7, 11) is -0.0151. The zero-order valence-corrected chi connectivity index (χ0v) is 16.7. The molecule has 1 saturated heterocycles. The lowest BCUT2D eigenvalue weighted by Crippen LogP contribution is -2.39. The fraction of sp³-hybridized carbons (Fsp3) is 0.562. The van der Waals surface area contributed by atoms with Crippen LogP contribution in [-0.4, -0.2) is 75.2 Å². The molecule has 6 nitrogen and oxygen atoms in total. The molecule has 0 aromatic heterocycles. The van der Waals surface area contributed by atoms with Gasteiger partial charge in [0.2, 0.25) is 15.9 Å². The number of halogens is 2. The van der Waals surface area contributed by atoms with Crippen molar-refractivity contribution in [1.29, 1.82) is 0 Å². The normalized spacial score (nSPS) is 17.3. The van der Waals surface area contributed by atoms with Gasteiger partial charge in [0.1, 0.15) is 0 Å². The fourth-order valence-corrected chi connectivity index (χ4v) is 4.52. The van der Waals surface area contributed by atoms with Crippen molar-refractivity contribution < 1.29 is 13.2 Å². The van der Waals surface area contributed by atoms with Crippen LogP contribution in [0.15, 0.2) is 18.2 Å². The van der Waals surface area contributed by atoms with Crippen LogP contribution in [0.3, 0.4) is 0 Å². The van der Waals surface area contributed by atoms with Crippen LogP contribution < -0.4 is 0 Å². The van der Waals surface area contributed by atoms with Crippen LogP contribution in [-0.2, 0) is 20.6 Å². The van der Waals surface area contributed by atoms with Gasteiger partial charge in [0.05, 0.1) is 22.3 Å². The van der Waals surface area contributed by atoms with Gasteiger partial charge in [-0.05, 0) is 30.7 Å². The molecule has 1 amide bonds. The first-order valence-electron chi connectivity index (χ1n) is 8.03. The highest BCUT2D eigenvalue weighted by molar-refractivity contribution is 7.88. The van der Waals surface area contributed by atoms with Gasteiger partial charge < -0.3 is 4.90 Å². The molecule has 25 heavy (non-hydrogen) atoms. The minimum atomic E-state index is -3.45. The fourth-order valence-electron chi connectivity index (χ4n) is 2.65. The average molecular weight is 408 g/mol. The highest BCUT2D eigenvalue weighted by atomic mass is 35.5. The first-order chi connectivity index (χ1) is 11.7. The molecule has 1 aliphatic heterocycles. The van der Waals surface area contributed by atoms with Crippen LogP contribution in [0, 0.1) is 0 Å². The molecule has 1 aromatic carbocycles. The lowest BCUT2D eigenvalue weighted by molar-refractivity contribution is -0.129. The van der Waals surface area contributed by atoms with Crippen molar-refractivity contribution in [2.24, 2.45) is 0 Å². The Labute approximate surface area is 159 Å². The lowest BCUT2D eigenvalue weighted by atomic mass is 10.2. The number of nitrogens with zero attached hydrogens (tertiary/aromatic N) is 3. The molecule has 0 N–H and O–H groups in total. The molecule has 0 unspecified atom stereocenters. The molecule has 140 valence electrons. The minimum Gasteiger partial charge on any atom is -0.348 e. The molecule has 0 atom stereocenters. The molecule has 9 heteroatoms. The zero-order valence-electron chi connectivity index (χ0n) is 14.4. The monoisotopic (exact) mass is 407 g/mol. The van der Waals surface area contributed by atoms with E-state index in [2.05, 4.69) is 0 Å². The third-order valence-corrected chi connectivity index (χ3v) is 6.72. The molecule has 1 aromatic rings. The lowest BCUT2D eigenvalue weighted by Gasteiger charge is -2.22. The predicted octanol–water partition coefficient (Wildman–Crippen LogP) is 1.92. The first-order valence-corrected chi connectivity index (χ1v) is 10.4. The maximum atomic E-state index is 12.7. The maximum Gasteiger partial charge on any atom is 0.236 e. The topological polar surface area (TPSA) is 60.9 Å². The van der Waals surface area contributed by atoms with E-state index in [4.69, 9.17) is 23.2 Å². The molecule has 0 radical (unpaired) electrons. The second kappa shape index (κ2) is 8.68. The Morgan fingerprint density at radius 3 is 2.48 bits per heavy atom. The van der Waals surface area contributed by atoms with E-state index in [-0.39, 0.29) is 11.7 Å². The Balaban J connectivity index is 2.00. The van der Waals surface area contributed by atoms with Crippen LogP contribution >= 0.6 is 23.2 Å². The quantitative estimate of drug-likeness (QED) is 0.747. The summed E-state index contributed by atoms with van der Waals surface area (Å²) in [6.45, 7) is 2.40. The Morgan fingerprint density at radius 2 is 1.84 bits per heavy atom. The molecule has 1 heterocycles. The summed E-state index contributed by atoms with van der Waals surface area (Å²) in [6.07, 6.45) is 0.696. The summed E-state index contributed by atoms with van der Waals surface area (Å²) in [5.74, 6) is -0.0901. The van der Waals surface area contributed by atoms with Gasteiger partial charge >= 0.3 is 0 Å². The third-order valence-electron chi connectivity index (χ3n) is 4.13. The largest absolute Gasteiger partial charge is 0.348 e. The van der Waals surface area contributed by atoms with E-state index >= 15 is 0 Å². The van der Waals surface area contributed by atoms with Gasteiger partial charge in [-0.15, -0.1) is 0 Å². The SMILES string of the molecule is CN(C)C(=O)CN1CCCN(S(=O)(=O)Cc2ccc(Cl)c(Cl)c2)CC1. The third kappa shape index (κ3) is 5.82. The molecule has 2 rings (SSSR count). The molecule has 0 saturated carbocycles. The Morgan fingerprint density at radius 1 is 1.12 bits per heavy atom. The summed E-state index contributed by atoms with van der Waals surface area (Å²) < 4.78 is 26.9. The molecular formula is C16H23Cl2N3O3S. The smallest absolute Gasteiger partial charge is 0.236 e. The van der Waals surface area contributed by atoms with Crippen molar-refractivity contribution in [3.8, 4) is 0 Å². The van der Waals surface area contributed by atoms with Gasteiger partial charge in [-0.2, -0.15) is 0 Å². The van der Waals surface area contributed by atoms with Gasteiger partial charge in [-0.3, -0.25) is 9.69 Å². The van der Waals surface area contributed by atoms with Crippen molar-refractivity contribution in [3.63, 3.8) is 0 Å². The van der Waals surface area contributed by atoms with Gasteiger partial charge in [0.15, 0.2) is 0 Å². The molecule has 0 spiro atoms. The second-order valence-electron chi connectivity index (χ2n) is 6.32. The maximum absolute atomic E-state index is 12.7. The van der Waals surface area contributed by atoms with Crippen molar-refractivity contribution >= 4 is 39.1 Å². The van der Waals surface area contributed by atoms with E-state index < -0.39 is 10.0 Å². The van der Waals surface area contributed by atoms with Crippen molar-refractivity contribution in [1.82, 2.24) is 14.1 Å². The van der Waals surface area contributed by atoms with Crippen molar-refractivity contribution in [2.45, 2.75) is 12.2 Å². The summed E-state index contributed by atoms with van der Waals surface area (Å²) in [6, 6.07) is 4.86. The molecule has 0 bridgehead atoms. The van der Waals surface area contributed by atoms with E-state index in [9.17, 15) is 13.2 Å². The number of likely N-dealkylation sites (N-methyl/N-ethyl adjacent to an activating group) is 1. The molecule has 1 aliphatic rings. The highest BCUT2D eigenvalue weighted by Gasteiger charge is 2.26. The zero-order chi connectivity index (χ0) is 18.6. The van der Waals surface area contributed by atoms with Crippen LogP contribution in [0.2, 0.25) is 10.0 Å². The average Bonchev–Trinajstić information content (AvgIpc) is 2.76. The number of amides is 1. The summed E-state index contributed by atoms with van der Waals surface area (Å²) >= 11 is 11.8. The highest BCUT2D eigenvalue weighted by Crippen LogP contribution is 2.24. The summed E-state index contributed by atoms with van der Waals surface area (Å²) in [4.78, 5) is 15.4. The van der Waals surface area contributed by atoms with Gasteiger partial charge in [-0.1, -0.05) is 29.3 Å². The van der Waals surface area contributed by atoms with E-state index in [0.717, 1.165) is 0 Å². The number of sulfonamides is 1. The predicted molar refractivity (Wildman–Crippen MR) is 100 cm³/mol. The van der Waals surface area contributed by atoms with Crippen molar-refractivity contribution in [3.05, 3.63) is 33.8 Å². The number of hydrogen-bond acceptors (Lipinski definition) is 4. The van der Waals surface area contributed by atoms with Crippen LogP contribution in [0.1, 0.15) is 12.0 Å². The molecular weight excluding hydrogens is 385 g/mol. The van der Waals surface area contributed by atoms with Crippen LogP contribution in [0.5, 0.6) is 0 Å². The molecule has 1 fully saturated rings. The van der Waals surface area contributed by atoms with E-state index in [1.807, 2.05) is 4.90 Å². The van der Waals surface area contributed by atoms with Gasteiger partial charge in [0, 0.05) is 33.7 Å². The number of rotatable bonds is 5. The summed E-state index contributed by atoms with van der Waals surface area (Å²) in [5, 5.41) is 0.748. The molecule has 0 aliphatic carbocycles. The first kappa shape index (κ1) is 20.5. The van der Waals surface area contributed by atoms with Crippen molar-refractivity contribution in [2.75, 3.05) is 46.8 Å². The second-order valence-corrected chi connectivity index (χ2v) is 9.10. The van der Waals surface area contributed by atoms with Gasteiger partial charge in [0.25, 0.3) is 0 Å². The number of carbonyl (C=O) groups is 1. The van der Waals surface area contributed by atoms with Crippen LogP contribution in [0.4, 0.5) is 0 Å². The number of carbonyl (C=O) groups excluding carboxylic acids is 1. The Kier molecular flexibility index (Phi) is 7.10. The van der Waals surface area contributed by atoms with E-state index in [1.165, 1.54) is 4.31 Å². The number of hydrogen-bond donors (Lipinski definition) is 0. The van der Waals surface area contributed by atoms with Crippen LogP contribution in [0.25, 0.3) is 0 Å². The summed E-state index contributed by atoms with van der Waals surface area (Å²) in [5.41, 5.74) is 0.610. The van der Waals surface area contributed by atoms with E-state index in [0.29, 0.717) is 54.8 Å². The standard InChI is InChI=1S/C16H23Cl2N3O3S/c1-19(2)16(22)11-20-6-3-7-21(9-8-20)25(23,24)12-13-4-5-14(17)15(18)10-13/h4-5,10H,3,6-9,11-12H2,1-2H3. The minimum absolute atomic E-state index is 0.0205. The Bertz CT molecular complexity index is 725. The number of benzene rings is 1. The van der Waals surface area contributed by atoms with Gasteiger partial charge in [-0.25, -0.2) is 12.7 Å². The van der Waals surface area contributed by atoms with E-state index in [1.54, 1.807) is 37.2 Å². The Hall–Kier alpha value is -0.860.